The van der Waals surface area contributed by atoms with E-state index in [1.165, 1.54) is 19.2 Å². The van der Waals surface area contributed by atoms with Gasteiger partial charge in [-0.15, -0.1) is 0 Å². The fraction of sp³-hybridized carbons (Fsp3) is 0.125. The molecule has 9 heteroatoms. The Morgan fingerprint density at radius 3 is 2.61 bits per heavy atom. The number of H-pyrrole nitrogens is 1. The minimum absolute atomic E-state index is 0.130. The molecule has 2 aromatic heterocycles. The molecule has 0 spiro atoms. The molecule has 4 rings (SSSR count). The standard InChI is InChI=1S/C24H19N5O4/c1-14-8-19-20(9-15(14)2)28-24(27-19)17(12-25)10-16-4-6-21(22(11-16)32-3)33-23-7-5-18(13-26-23)29(30)31/h4-11,13H,1-3H3,(H,27,28). The van der Waals surface area contributed by atoms with E-state index in [0.717, 1.165) is 28.4 Å². The number of imidazole rings is 1. The first-order chi connectivity index (χ1) is 15.9. The third-order valence-electron chi connectivity index (χ3n) is 5.12. The molecule has 0 aliphatic carbocycles. The highest BCUT2D eigenvalue weighted by Gasteiger charge is 2.12. The van der Waals surface area contributed by atoms with Gasteiger partial charge < -0.3 is 14.5 Å². The van der Waals surface area contributed by atoms with Crippen LogP contribution in [-0.2, 0) is 0 Å². The lowest BCUT2D eigenvalue weighted by molar-refractivity contribution is -0.385. The number of allylic oxidation sites excluding steroid dienone is 1. The molecule has 0 radical (unpaired) electrons. The van der Waals surface area contributed by atoms with Gasteiger partial charge in [-0.1, -0.05) is 6.07 Å². The summed E-state index contributed by atoms with van der Waals surface area (Å²) in [6.45, 7) is 4.05. The average molecular weight is 441 g/mol. The summed E-state index contributed by atoms with van der Waals surface area (Å²) in [6, 6.07) is 14.1. The molecule has 0 unspecified atom stereocenters. The maximum atomic E-state index is 10.8. The number of ether oxygens (including phenoxy) is 2. The highest BCUT2D eigenvalue weighted by atomic mass is 16.6. The maximum Gasteiger partial charge on any atom is 0.287 e. The number of benzene rings is 2. The second kappa shape index (κ2) is 8.80. The number of nitrogens with one attached hydrogen (secondary N) is 1. The van der Waals surface area contributed by atoms with E-state index in [0.29, 0.717) is 28.5 Å². The van der Waals surface area contributed by atoms with Crippen LogP contribution in [-0.4, -0.2) is 27.0 Å². The first-order valence-electron chi connectivity index (χ1n) is 9.93. The van der Waals surface area contributed by atoms with Gasteiger partial charge in [0.1, 0.15) is 18.1 Å². The molecule has 0 fully saturated rings. The Labute approximate surface area is 189 Å². The minimum atomic E-state index is -0.532. The summed E-state index contributed by atoms with van der Waals surface area (Å²) in [4.78, 5) is 21.9. The molecular formula is C24H19N5O4. The highest BCUT2D eigenvalue weighted by molar-refractivity contribution is 5.90. The quantitative estimate of drug-likeness (QED) is 0.243. The third-order valence-corrected chi connectivity index (χ3v) is 5.12. The van der Waals surface area contributed by atoms with Gasteiger partial charge in [0.05, 0.1) is 28.6 Å². The molecular weight excluding hydrogens is 422 g/mol. The number of aromatic nitrogens is 3. The summed E-state index contributed by atoms with van der Waals surface area (Å²) >= 11 is 0. The lowest BCUT2D eigenvalue weighted by atomic mass is 10.1. The van der Waals surface area contributed by atoms with Crippen molar-refractivity contribution in [2.24, 2.45) is 0 Å². The van der Waals surface area contributed by atoms with Crippen molar-refractivity contribution < 1.29 is 14.4 Å². The van der Waals surface area contributed by atoms with Gasteiger partial charge in [0.15, 0.2) is 11.5 Å². The average Bonchev–Trinajstić information content (AvgIpc) is 3.21. The Morgan fingerprint density at radius 2 is 1.94 bits per heavy atom. The van der Waals surface area contributed by atoms with Crippen LogP contribution in [0.25, 0.3) is 22.7 Å². The van der Waals surface area contributed by atoms with E-state index >= 15 is 0 Å². The van der Waals surface area contributed by atoms with E-state index in [4.69, 9.17) is 9.47 Å². The van der Waals surface area contributed by atoms with Crippen molar-refractivity contribution in [2.75, 3.05) is 7.11 Å². The molecule has 1 N–H and O–H groups in total. The lowest BCUT2D eigenvalue weighted by Crippen LogP contribution is -1.94. The second-order valence-corrected chi connectivity index (χ2v) is 7.33. The number of methoxy groups -OCH3 is 1. The molecule has 0 amide bonds. The van der Waals surface area contributed by atoms with Crippen molar-refractivity contribution in [1.29, 1.82) is 5.26 Å². The molecule has 0 atom stereocenters. The van der Waals surface area contributed by atoms with Gasteiger partial charge in [-0.3, -0.25) is 10.1 Å². The predicted octanol–water partition coefficient (Wildman–Crippen LogP) is 5.35. The van der Waals surface area contributed by atoms with Crippen LogP contribution >= 0.6 is 0 Å². The van der Waals surface area contributed by atoms with Gasteiger partial charge in [0, 0.05) is 12.1 Å². The number of nitriles is 1. The molecule has 164 valence electrons. The van der Waals surface area contributed by atoms with Crippen LogP contribution in [0.1, 0.15) is 22.5 Å². The summed E-state index contributed by atoms with van der Waals surface area (Å²) in [6.07, 6.45) is 2.82. The number of hydrogen-bond donors (Lipinski definition) is 1. The van der Waals surface area contributed by atoms with Crippen LogP contribution < -0.4 is 9.47 Å². The summed E-state index contributed by atoms with van der Waals surface area (Å²) in [5, 5.41) is 20.5. The van der Waals surface area contributed by atoms with Gasteiger partial charge in [-0.2, -0.15) is 5.26 Å². The van der Waals surface area contributed by atoms with E-state index in [-0.39, 0.29) is 11.6 Å². The Hall–Kier alpha value is -4.71. The number of aromatic amines is 1. The van der Waals surface area contributed by atoms with Crippen LogP contribution in [0.2, 0.25) is 0 Å². The zero-order valence-electron chi connectivity index (χ0n) is 18.1. The second-order valence-electron chi connectivity index (χ2n) is 7.33. The largest absolute Gasteiger partial charge is 0.493 e. The van der Waals surface area contributed by atoms with Crippen molar-refractivity contribution in [3.63, 3.8) is 0 Å². The van der Waals surface area contributed by atoms with Gasteiger partial charge in [-0.25, -0.2) is 9.97 Å². The fourth-order valence-corrected chi connectivity index (χ4v) is 3.23. The number of pyridine rings is 1. The SMILES string of the molecule is COc1cc(C=C(C#N)c2nc3cc(C)c(C)cc3[nH]2)ccc1Oc1ccc([N+](=O)[O-])cn1. The van der Waals surface area contributed by atoms with Gasteiger partial charge >= 0.3 is 0 Å². The highest BCUT2D eigenvalue weighted by Crippen LogP contribution is 2.33. The van der Waals surface area contributed by atoms with Crippen LogP contribution in [0.4, 0.5) is 5.69 Å². The summed E-state index contributed by atoms with van der Waals surface area (Å²) in [7, 11) is 1.49. The van der Waals surface area contributed by atoms with Crippen LogP contribution in [0.3, 0.4) is 0 Å². The van der Waals surface area contributed by atoms with Crippen LogP contribution in [0.15, 0.2) is 48.7 Å². The Kier molecular flexibility index (Phi) is 5.74. The Morgan fingerprint density at radius 1 is 1.15 bits per heavy atom. The molecule has 2 heterocycles. The number of rotatable bonds is 6. The Bertz CT molecular complexity index is 1390. The predicted molar refractivity (Wildman–Crippen MR) is 123 cm³/mol. The maximum absolute atomic E-state index is 10.8. The van der Waals surface area contributed by atoms with Crippen molar-refractivity contribution in [3.8, 4) is 23.4 Å². The van der Waals surface area contributed by atoms with Crippen molar-refractivity contribution in [1.82, 2.24) is 15.0 Å². The van der Waals surface area contributed by atoms with Crippen molar-refractivity contribution in [2.45, 2.75) is 13.8 Å². The van der Waals surface area contributed by atoms with Gasteiger partial charge in [0.25, 0.3) is 5.69 Å². The van der Waals surface area contributed by atoms with Gasteiger partial charge in [0.2, 0.25) is 5.88 Å². The number of hydrogen-bond acceptors (Lipinski definition) is 7. The summed E-state index contributed by atoms with van der Waals surface area (Å²) in [5.74, 6) is 1.46. The van der Waals surface area contributed by atoms with E-state index in [1.807, 2.05) is 26.0 Å². The van der Waals surface area contributed by atoms with Crippen molar-refractivity contribution in [3.05, 3.63) is 81.3 Å². The first kappa shape index (κ1) is 21.5. The molecule has 4 aromatic rings. The van der Waals surface area contributed by atoms with E-state index in [2.05, 4.69) is 21.0 Å². The summed E-state index contributed by atoms with van der Waals surface area (Å²) < 4.78 is 11.1. The van der Waals surface area contributed by atoms with Crippen LogP contribution in [0, 0.1) is 35.3 Å². The minimum Gasteiger partial charge on any atom is -0.493 e. The Balaban J connectivity index is 1.63. The third kappa shape index (κ3) is 4.50. The monoisotopic (exact) mass is 441 g/mol. The van der Waals surface area contributed by atoms with E-state index in [1.54, 1.807) is 24.3 Å². The zero-order valence-corrected chi connectivity index (χ0v) is 18.1. The smallest absolute Gasteiger partial charge is 0.287 e. The molecule has 0 saturated heterocycles. The first-order valence-corrected chi connectivity index (χ1v) is 9.93. The number of nitrogens with zero attached hydrogens (tertiary/aromatic N) is 4. The molecule has 0 bridgehead atoms. The zero-order chi connectivity index (χ0) is 23.5. The molecule has 0 aliphatic heterocycles. The van der Waals surface area contributed by atoms with E-state index in [9.17, 15) is 15.4 Å². The van der Waals surface area contributed by atoms with Gasteiger partial charge in [-0.05, 0) is 60.9 Å². The lowest BCUT2D eigenvalue weighted by Gasteiger charge is -2.10. The fourth-order valence-electron chi connectivity index (χ4n) is 3.23. The topological polar surface area (TPSA) is 127 Å². The van der Waals surface area contributed by atoms with E-state index < -0.39 is 4.92 Å². The van der Waals surface area contributed by atoms with Crippen molar-refractivity contribution >= 4 is 28.4 Å². The number of nitro groups is 1. The number of fused-ring (bicyclic) bond motifs is 1. The molecule has 0 aliphatic rings. The molecule has 33 heavy (non-hydrogen) atoms. The normalized spacial score (nSPS) is 11.3. The molecule has 9 nitrogen and oxygen atoms in total. The van der Waals surface area contributed by atoms with Crippen LogP contribution in [0.5, 0.6) is 17.4 Å². The molecule has 0 saturated carbocycles. The summed E-state index contributed by atoms with van der Waals surface area (Å²) in [5.41, 5.74) is 4.88. The number of aryl methyl sites for hydroxylation is 2. The molecule has 2 aromatic carbocycles.